The predicted octanol–water partition coefficient (Wildman–Crippen LogP) is 2.51. The minimum absolute atomic E-state index is 0.00986. The molecule has 1 aromatic heterocycles. The molecule has 0 atom stereocenters. The molecule has 1 aliphatic rings. The summed E-state index contributed by atoms with van der Waals surface area (Å²) >= 11 is 0. The first-order valence-electron chi connectivity index (χ1n) is 10.7. The highest BCUT2D eigenvalue weighted by atomic mass is 16.5. The molecule has 0 radical (unpaired) electrons. The number of hydrogen-bond donors (Lipinski definition) is 1. The molecule has 1 N–H and O–H groups in total. The van der Waals surface area contributed by atoms with Gasteiger partial charge in [0, 0.05) is 45.2 Å². The lowest BCUT2D eigenvalue weighted by Gasteiger charge is -2.31. The molecule has 0 spiro atoms. The molecule has 0 unspecified atom stereocenters. The number of nitrogens with zero attached hydrogens (tertiary/aromatic N) is 3. The summed E-state index contributed by atoms with van der Waals surface area (Å²) in [6.45, 7) is 5.48. The fraction of sp³-hybridized carbons (Fsp3) is 0.591. The van der Waals surface area contributed by atoms with Crippen LogP contribution >= 0.6 is 0 Å². The average Bonchev–Trinajstić information content (AvgIpc) is 3.18. The number of aryl methyl sites for hydroxylation is 2. The number of carbonyl (C=O) groups is 1. The van der Waals surface area contributed by atoms with E-state index >= 15 is 0 Å². The van der Waals surface area contributed by atoms with E-state index in [4.69, 9.17) is 14.0 Å². The van der Waals surface area contributed by atoms with Crippen molar-refractivity contribution in [2.45, 2.75) is 51.6 Å². The average molecular weight is 417 g/mol. The molecule has 0 bridgehead atoms. The van der Waals surface area contributed by atoms with Gasteiger partial charge in [-0.1, -0.05) is 17.3 Å². The van der Waals surface area contributed by atoms with Gasteiger partial charge in [-0.2, -0.15) is 4.98 Å². The van der Waals surface area contributed by atoms with Crippen LogP contribution in [0.15, 0.2) is 28.8 Å². The zero-order chi connectivity index (χ0) is 21.2. The number of ether oxygens (including phenoxy) is 2. The maximum Gasteiger partial charge on any atom is 0.226 e. The summed E-state index contributed by atoms with van der Waals surface area (Å²) in [4.78, 5) is 18.6. The summed E-state index contributed by atoms with van der Waals surface area (Å²) in [5, 5.41) is 6.70. The molecule has 0 aliphatic carbocycles. The monoisotopic (exact) mass is 416 g/mol. The Hall–Kier alpha value is -2.45. The van der Waals surface area contributed by atoms with Crippen LogP contribution in [-0.4, -0.2) is 60.4 Å². The van der Waals surface area contributed by atoms with E-state index in [1.807, 2.05) is 24.3 Å². The molecular weight excluding hydrogens is 384 g/mol. The summed E-state index contributed by atoms with van der Waals surface area (Å²) in [5.74, 6) is 2.03. The van der Waals surface area contributed by atoms with Crippen LogP contribution in [-0.2, 0) is 22.5 Å². The van der Waals surface area contributed by atoms with Gasteiger partial charge in [-0.05, 0) is 50.9 Å². The topological polar surface area (TPSA) is 89.7 Å². The van der Waals surface area contributed by atoms with Crippen molar-refractivity contribution in [3.63, 3.8) is 0 Å². The van der Waals surface area contributed by atoms with Crippen molar-refractivity contribution in [2.24, 2.45) is 0 Å². The van der Waals surface area contributed by atoms with E-state index in [9.17, 15) is 4.79 Å². The van der Waals surface area contributed by atoms with E-state index < -0.39 is 0 Å². The Morgan fingerprint density at radius 2 is 2.17 bits per heavy atom. The summed E-state index contributed by atoms with van der Waals surface area (Å²) in [6, 6.07) is 8.45. The lowest BCUT2D eigenvalue weighted by atomic mass is 10.1. The van der Waals surface area contributed by atoms with Gasteiger partial charge in [0.25, 0.3) is 0 Å². The molecule has 0 saturated carbocycles. The fourth-order valence-electron chi connectivity index (χ4n) is 3.49. The number of likely N-dealkylation sites (N-methyl/N-ethyl adjacent to an activating group) is 1. The molecule has 8 nitrogen and oxygen atoms in total. The zero-order valence-electron chi connectivity index (χ0n) is 17.9. The van der Waals surface area contributed by atoms with Crippen molar-refractivity contribution in [1.82, 2.24) is 20.4 Å². The number of nitrogens with one attached hydrogen (secondary N) is 1. The molecule has 3 rings (SSSR count). The van der Waals surface area contributed by atoms with Crippen molar-refractivity contribution in [1.29, 1.82) is 0 Å². The second kappa shape index (κ2) is 11.7. The van der Waals surface area contributed by atoms with Gasteiger partial charge in [0.05, 0.1) is 0 Å². The van der Waals surface area contributed by atoms with Gasteiger partial charge in [0.2, 0.25) is 11.8 Å². The number of amides is 1. The number of carbonyl (C=O) groups excluding carboxylic acids is 1. The predicted molar refractivity (Wildman–Crippen MR) is 112 cm³/mol. The lowest BCUT2D eigenvalue weighted by molar-refractivity contribution is -0.121. The van der Waals surface area contributed by atoms with E-state index in [2.05, 4.69) is 27.4 Å². The summed E-state index contributed by atoms with van der Waals surface area (Å²) < 4.78 is 16.4. The number of benzene rings is 1. The highest BCUT2D eigenvalue weighted by Crippen LogP contribution is 2.15. The van der Waals surface area contributed by atoms with Crippen LogP contribution in [0.5, 0.6) is 5.75 Å². The first-order chi connectivity index (χ1) is 14.6. The lowest BCUT2D eigenvalue weighted by Crippen LogP contribution is -2.38. The van der Waals surface area contributed by atoms with Crippen molar-refractivity contribution >= 4 is 5.91 Å². The number of hydrogen-bond acceptors (Lipinski definition) is 7. The van der Waals surface area contributed by atoms with E-state index in [-0.39, 0.29) is 5.91 Å². The molecule has 2 heterocycles. The highest BCUT2D eigenvalue weighted by Gasteiger charge is 2.18. The van der Waals surface area contributed by atoms with Crippen LogP contribution in [0.3, 0.4) is 0 Å². The highest BCUT2D eigenvalue weighted by molar-refractivity contribution is 5.75. The molecular formula is C22H32N4O4. The molecule has 8 heteroatoms. The maximum atomic E-state index is 12.1. The van der Waals surface area contributed by atoms with Crippen LogP contribution < -0.4 is 10.1 Å². The van der Waals surface area contributed by atoms with Gasteiger partial charge in [0.1, 0.15) is 12.4 Å². The molecule has 1 saturated heterocycles. The van der Waals surface area contributed by atoms with E-state index in [0.717, 1.165) is 43.9 Å². The third kappa shape index (κ3) is 7.42. The third-order valence-electron chi connectivity index (χ3n) is 5.28. The van der Waals surface area contributed by atoms with Crippen molar-refractivity contribution in [3.05, 3.63) is 41.5 Å². The second-order valence-electron chi connectivity index (χ2n) is 7.69. The Morgan fingerprint density at radius 1 is 1.33 bits per heavy atom. The minimum Gasteiger partial charge on any atom is -0.492 e. The third-order valence-corrected chi connectivity index (χ3v) is 5.28. The smallest absolute Gasteiger partial charge is 0.226 e. The Morgan fingerprint density at radius 3 is 2.93 bits per heavy atom. The molecule has 1 fully saturated rings. The van der Waals surface area contributed by atoms with Crippen molar-refractivity contribution < 1.29 is 18.8 Å². The summed E-state index contributed by atoms with van der Waals surface area (Å²) in [6.07, 6.45) is 3.88. The Kier molecular flexibility index (Phi) is 8.65. The molecule has 1 amide bonds. The van der Waals surface area contributed by atoms with Gasteiger partial charge in [0.15, 0.2) is 5.82 Å². The number of rotatable bonds is 11. The largest absolute Gasteiger partial charge is 0.492 e. The van der Waals surface area contributed by atoms with Crippen molar-refractivity contribution in [2.75, 3.05) is 33.4 Å². The Bertz CT molecular complexity index is 789. The Balaban J connectivity index is 1.33. The molecule has 2 aromatic rings. The van der Waals surface area contributed by atoms with Crippen LogP contribution in [0.2, 0.25) is 0 Å². The van der Waals surface area contributed by atoms with Crippen LogP contribution in [0.4, 0.5) is 0 Å². The van der Waals surface area contributed by atoms with E-state index in [0.29, 0.717) is 50.2 Å². The first-order valence-corrected chi connectivity index (χ1v) is 10.7. The molecule has 1 aromatic carbocycles. The Labute approximate surface area is 177 Å². The van der Waals surface area contributed by atoms with Crippen LogP contribution in [0.1, 0.15) is 43.0 Å². The van der Waals surface area contributed by atoms with Crippen molar-refractivity contribution in [3.8, 4) is 5.75 Å². The van der Waals surface area contributed by atoms with E-state index in [1.54, 1.807) is 6.92 Å². The second-order valence-corrected chi connectivity index (χ2v) is 7.69. The zero-order valence-corrected chi connectivity index (χ0v) is 17.9. The van der Waals surface area contributed by atoms with Crippen LogP contribution in [0, 0.1) is 6.92 Å². The standard InChI is InChI=1S/C22H32N4O4/c1-17-24-22(30-25-17)8-4-7-21(27)23-16-18-5-3-6-20(15-18)29-14-11-26(2)19-9-12-28-13-10-19/h3,5-6,15,19H,4,7-14,16H2,1-2H3,(H,23,27). The normalized spacial score (nSPS) is 14.8. The maximum absolute atomic E-state index is 12.1. The quantitative estimate of drug-likeness (QED) is 0.602. The molecule has 30 heavy (non-hydrogen) atoms. The van der Waals surface area contributed by atoms with Gasteiger partial charge < -0.3 is 19.3 Å². The van der Waals surface area contributed by atoms with Gasteiger partial charge in [-0.15, -0.1) is 0 Å². The van der Waals surface area contributed by atoms with Gasteiger partial charge >= 0.3 is 0 Å². The van der Waals surface area contributed by atoms with Gasteiger partial charge in [-0.3, -0.25) is 9.69 Å². The molecule has 164 valence electrons. The first kappa shape index (κ1) is 22.2. The van der Waals surface area contributed by atoms with Gasteiger partial charge in [-0.25, -0.2) is 0 Å². The van der Waals surface area contributed by atoms with Crippen LogP contribution in [0.25, 0.3) is 0 Å². The van der Waals surface area contributed by atoms with E-state index in [1.165, 1.54) is 0 Å². The summed E-state index contributed by atoms with van der Waals surface area (Å²) in [5.41, 5.74) is 1.02. The summed E-state index contributed by atoms with van der Waals surface area (Å²) in [7, 11) is 2.14. The minimum atomic E-state index is 0.00986. The fourth-order valence-corrected chi connectivity index (χ4v) is 3.49. The number of aromatic nitrogens is 2. The SMILES string of the molecule is Cc1noc(CCCC(=O)NCc2cccc(OCCN(C)C3CCOCC3)c2)n1. The molecule has 1 aliphatic heterocycles.